The van der Waals surface area contributed by atoms with E-state index in [2.05, 4.69) is 12.6 Å². The summed E-state index contributed by atoms with van der Waals surface area (Å²) in [4.78, 5) is 0. The predicted molar refractivity (Wildman–Crippen MR) is 60.7 cm³/mol. The van der Waals surface area contributed by atoms with Crippen molar-refractivity contribution in [1.82, 2.24) is 0 Å². The fourth-order valence-electron chi connectivity index (χ4n) is 1.35. The number of thiol groups is 1. The van der Waals surface area contributed by atoms with Crippen molar-refractivity contribution in [3.63, 3.8) is 0 Å². The molecule has 0 saturated heterocycles. The Morgan fingerprint density at radius 3 is 2.29 bits per heavy atom. The zero-order chi connectivity index (χ0) is 13.2. The van der Waals surface area contributed by atoms with E-state index in [-0.39, 0.29) is 11.3 Å². The molecule has 0 aliphatic rings. The Labute approximate surface area is 101 Å². The second-order valence-corrected chi connectivity index (χ2v) is 3.90. The van der Waals surface area contributed by atoms with Crippen molar-refractivity contribution in [2.75, 3.05) is 11.5 Å². The first-order valence-corrected chi connectivity index (χ1v) is 5.34. The minimum atomic E-state index is -4.53. The van der Waals surface area contributed by atoms with E-state index in [4.69, 9.17) is 5.73 Å². The zero-order valence-electron chi connectivity index (χ0n) is 8.65. The molecule has 0 fully saturated rings. The predicted octanol–water partition coefficient (Wildman–Crippen LogP) is 1.61. The molecule has 1 aromatic carbocycles. The molecule has 4 N–H and O–H groups in total. The molecule has 7 heteroatoms. The van der Waals surface area contributed by atoms with Crippen LogP contribution in [-0.4, -0.2) is 22.1 Å². The van der Waals surface area contributed by atoms with Crippen molar-refractivity contribution in [2.24, 2.45) is 0 Å². The molecule has 1 rings (SSSR count). The monoisotopic (exact) mass is 267 g/mol. The molecule has 96 valence electrons. The van der Waals surface area contributed by atoms with Gasteiger partial charge in [-0.05, 0) is 17.7 Å². The summed E-state index contributed by atoms with van der Waals surface area (Å²) in [5.74, 6) is -0.0118. The summed E-state index contributed by atoms with van der Waals surface area (Å²) in [5, 5.41) is 18.9. The van der Waals surface area contributed by atoms with Crippen molar-refractivity contribution in [1.29, 1.82) is 0 Å². The van der Waals surface area contributed by atoms with Gasteiger partial charge in [-0.3, -0.25) is 0 Å². The summed E-state index contributed by atoms with van der Waals surface area (Å²) in [6.07, 6.45) is -7.00. The lowest BCUT2D eigenvalue weighted by atomic mass is 10.0. The van der Waals surface area contributed by atoms with Gasteiger partial charge in [0.05, 0.1) is 11.7 Å². The highest BCUT2D eigenvalue weighted by Gasteiger charge is 2.33. The summed E-state index contributed by atoms with van der Waals surface area (Å²) < 4.78 is 37.2. The van der Waals surface area contributed by atoms with E-state index < -0.39 is 29.6 Å². The Morgan fingerprint density at radius 1 is 1.29 bits per heavy atom. The number of hydrogen-bond donors (Lipinski definition) is 4. The second kappa shape index (κ2) is 5.16. The number of anilines is 1. The highest BCUT2D eigenvalue weighted by atomic mass is 32.1. The maximum Gasteiger partial charge on any atom is 0.418 e. The van der Waals surface area contributed by atoms with E-state index in [1.807, 2.05) is 0 Å². The van der Waals surface area contributed by atoms with E-state index in [9.17, 15) is 23.4 Å². The van der Waals surface area contributed by atoms with Crippen LogP contribution in [0.2, 0.25) is 0 Å². The molecule has 0 spiro atoms. The topological polar surface area (TPSA) is 66.5 Å². The number of nitrogens with two attached hydrogens (primary N) is 1. The fraction of sp³-hybridized carbons (Fsp3) is 0.400. The van der Waals surface area contributed by atoms with Crippen molar-refractivity contribution in [3.05, 3.63) is 29.3 Å². The Hall–Kier alpha value is -0.920. The largest absolute Gasteiger partial charge is 0.418 e. The summed E-state index contributed by atoms with van der Waals surface area (Å²) in [7, 11) is 0. The maximum absolute atomic E-state index is 12.4. The average Bonchev–Trinajstić information content (AvgIpc) is 2.25. The van der Waals surface area contributed by atoms with Gasteiger partial charge in [0.1, 0.15) is 6.10 Å². The van der Waals surface area contributed by atoms with Crippen LogP contribution >= 0.6 is 12.6 Å². The normalized spacial score (nSPS) is 15.6. The lowest BCUT2D eigenvalue weighted by molar-refractivity contribution is -0.136. The second-order valence-electron chi connectivity index (χ2n) is 3.54. The van der Waals surface area contributed by atoms with Gasteiger partial charge in [0, 0.05) is 11.4 Å². The fourth-order valence-corrected chi connectivity index (χ4v) is 1.55. The molecule has 2 unspecified atom stereocenters. The van der Waals surface area contributed by atoms with Crippen LogP contribution in [0.25, 0.3) is 0 Å². The van der Waals surface area contributed by atoms with Crippen molar-refractivity contribution in [3.8, 4) is 0 Å². The molecule has 1 aromatic rings. The third-order valence-electron chi connectivity index (χ3n) is 2.27. The maximum atomic E-state index is 12.4. The Kier molecular flexibility index (Phi) is 4.29. The van der Waals surface area contributed by atoms with Crippen molar-refractivity contribution >= 4 is 18.3 Å². The van der Waals surface area contributed by atoms with Gasteiger partial charge in [-0.2, -0.15) is 25.8 Å². The van der Waals surface area contributed by atoms with E-state index in [1.165, 1.54) is 0 Å². The van der Waals surface area contributed by atoms with Crippen LogP contribution < -0.4 is 5.73 Å². The van der Waals surface area contributed by atoms with Crippen LogP contribution in [0.5, 0.6) is 0 Å². The summed E-state index contributed by atoms with van der Waals surface area (Å²) in [6, 6.07) is 2.86. The van der Waals surface area contributed by atoms with E-state index in [1.54, 1.807) is 0 Å². The average molecular weight is 267 g/mol. The number of benzene rings is 1. The summed E-state index contributed by atoms with van der Waals surface area (Å²) in [5.41, 5.74) is 3.93. The van der Waals surface area contributed by atoms with Gasteiger partial charge in [0.15, 0.2) is 0 Å². The van der Waals surface area contributed by atoms with Gasteiger partial charge < -0.3 is 15.9 Å². The molecule has 3 nitrogen and oxygen atoms in total. The first-order chi connectivity index (χ1) is 7.77. The molecule has 0 bridgehead atoms. The summed E-state index contributed by atoms with van der Waals surface area (Å²) >= 11 is 3.78. The highest BCUT2D eigenvalue weighted by molar-refractivity contribution is 7.80. The first kappa shape index (κ1) is 14.1. The van der Waals surface area contributed by atoms with E-state index in [0.29, 0.717) is 0 Å². The number of aliphatic hydroxyl groups is 2. The number of nitrogen functional groups attached to an aromatic ring is 1. The number of halogens is 3. The number of hydrogen-bond acceptors (Lipinski definition) is 4. The number of rotatable bonds is 3. The molecule has 0 saturated carbocycles. The molecule has 2 atom stereocenters. The molecule has 0 heterocycles. The molecule has 0 aliphatic carbocycles. The van der Waals surface area contributed by atoms with Crippen molar-refractivity contribution in [2.45, 2.75) is 18.4 Å². The minimum absolute atomic E-state index is 0.0118. The standard InChI is InChI=1S/C10H12F3NO2S/c11-10(12,13)6-2-1-5(3-7(6)14)9(16)8(15)4-17/h1-3,8-9,15-17H,4,14H2. The van der Waals surface area contributed by atoms with Crippen LogP contribution in [0.1, 0.15) is 17.2 Å². The SMILES string of the molecule is Nc1cc(C(O)C(O)CS)ccc1C(F)(F)F. The van der Waals surface area contributed by atoms with Gasteiger partial charge in [0.2, 0.25) is 0 Å². The zero-order valence-corrected chi connectivity index (χ0v) is 9.54. The summed E-state index contributed by atoms with van der Waals surface area (Å²) in [6.45, 7) is 0. The van der Waals surface area contributed by atoms with Gasteiger partial charge in [0.25, 0.3) is 0 Å². The van der Waals surface area contributed by atoms with E-state index in [0.717, 1.165) is 18.2 Å². The quantitative estimate of drug-likeness (QED) is 0.497. The van der Waals surface area contributed by atoms with Crippen LogP contribution in [0.4, 0.5) is 18.9 Å². The molecule has 0 aliphatic heterocycles. The van der Waals surface area contributed by atoms with Crippen LogP contribution in [0.15, 0.2) is 18.2 Å². The smallest absolute Gasteiger partial charge is 0.398 e. The van der Waals surface area contributed by atoms with Gasteiger partial charge in [-0.25, -0.2) is 0 Å². The van der Waals surface area contributed by atoms with Crippen LogP contribution in [0, 0.1) is 0 Å². The van der Waals surface area contributed by atoms with Crippen LogP contribution in [0.3, 0.4) is 0 Å². The van der Waals surface area contributed by atoms with E-state index >= 15 is 0 Å². The van der Waals surface area contributed by atoms with Gasteiger partial charge in [-0.1, -0.05) is 6.07 Å². The number of aliphatic hydroxyl groups excluding tert-OH is 2. The van der Waals surface area contributed by atoms with Gasteiger partial charge in [-0.15, -0.1) is 0 Å². The molecular formula is C10H12F3NO2S. The Bertz CT molecular complexity index is 398. The Morgan fingerprint density at radius 2 is 1.88 bits per heavy atom. The molecular weight excluding hydrogens is 255 g/mol. The van der Waals surface area contributed by atoms with Crippen molar-refractivity contribution < 1.29 is 23.4 Å². The van der Waals surface area contributed by atoms with Gasteiger partial charge >= 0.3 is 6.18 Å². The highest BCUT2D eigenvalue weighted by Crippen LogP contribution is 2.35. The molecule has 17 heavy (non-hydrogen) atoms. The first-order valence-electron chi connectivity index (χ1n) is 4.71. The third-order valence-corrected chi connectivity index (χ3v) is 2.65. The minimum Gasteiger partial charge on any atom is -0.398 e. The third kappa shape index (κ3) is 3.27. The molecule has 0 amide bonds. The Balaban J connectivity index is 3.05. The lowest BCUT2D eigenvalue weighted by Gasteiger charge is -2.18. The molecule has 0 aromatic heterocycles. The lowest BCUT2D eigenvalue weighted by Crippen LogP contribution is -2.20. The van der Waals surface area contributed by atoms with Crippen LogP contribution in [-0.2, 0) is 6.18 Å². The number of alkyl halides is 3. The molecule has 0 radical (unpaired) electrons.